The molecular formula is C11H20N4O3. The summed E-state index contributed by atoms with van der Waals surface area (Å²) in [6, 6.07) is 0. The predicted molar refractivity (Wildman–Crippen MR) is 65.1 cm³/mol. The molecule has 0 aliphatic carbocycles. The van der Waals surface area contributed by atoms with Crippen molar-refractivity contribution < 1.29 is 14.6 Å². The van der Waals surface area contributed by atoms with Crippen molar-refractivity contribution in [3.8, 4) is 0 Å². The van der Waals surface area contributed by atoms with Crippen LogP contribution in [0, 0.1) is 5.92 Å². The van der Waals surface area contributed by atoms with Gasteiger partial charge in [0.15, 0.2) is 5.69 Å². The van der Waals surface area contributed by atoms with E-state index in [9.17, 15) is 4.79 Å². The summed E-state index contributed by atoms with van der Waals surface area (Å²) in [6.45, 7) is 5.99. The summed E-state index contributed by atoms with van der Waals surface area (Å²) < 4.78 is 6.93. The van der Waals surface area contributed by atoms with Crippen molar-refractivity contribution in [1.82, 2.24) is 15.0 Å². The number of aromatic nitrogens is 3. The highest BCUT2D eigenvalue weighted by molar-refractivity contribution is 5.86. The Hall–Kier alpha value is -1.47. The first-order valence-electron chi connectivity index (χ1n) is 5.99. The first kappa shape index (κ1) is 14.6. The Kier molecular flexibility index (Phi) is 5.73. The average Bonchev–Trinajstić information content (AvgIpc) is 2.71. The van der Waals surface area contributed by atoms with Crippen molar-refractivity contribution in [1.29, 1.82) is 0 Å². The van der Waals surface area contributed by atoms with Crippen molar-refractivity contribution in [2.75, 3.05) is 13.2 Å². The number of carboxylic acids is 1. The molecule has 0 amide bonds. The van der Waals surface area contributed by atoms with Crippen molar-refractivity contribution in [3.63, 3.8) is 0 Å². The third-order valence-corrected chi connectivity index (χ3v) is 2.52. The normalized spacial score (nSPS) is 11.1. The zero-order valence-corrected chi connectivity index (χ0v) is 10.8. The molecule has 18 heavy (non-hydrogen) atoms. The Morgan fingerprint density at radius 3 is 2.78 bits per heavy atom. The summed E-state index contributed by atoms with van der Waals surface area (Å²) >= 11 is 0. The molecule has 0 fully saturated rings. The second kappa shape index (κ2) is 7.07. The van der Waals surface area contributed by atoms with Gasteiger partial charge < -0.3 is 15.6 Å². The van der Waals surface area contributed by atoms with Crippen LogP contribution in [0.15, 0.2) is 0 Å². The topological polar surface area (TPSA) is 103 Å². The molecular weight excluding hydrogens is 236 g/mol. The van der Waals surface area contributed by atoms with Crippen LogP contribution >= 0.6 is 0 Å². The number of carboxylic acid groups (broad SMARTS) is 1. The van der Waals surface area contributed by atoms with E-state index >= 15 is 0 Å². The number of ether oxygens (including phenoxy) is 1. The van der Waals surface area contributed by atoms with E-state index in [0.717, 1.165) is 6.42 Å². The Labute approximate surface area is 106 Å². The fraction of sp³-hybridized carbons (Fsp3) is 0.727. The minimum absolute atomic E-state index is 0.0836. The van der Waals surface area contributed by atoms with Crippen LogP contribution in [0.2, 0.25) is 0 Å². The molecule has 0 aromatic carbocycles. The molecule has 1 aromatic heterocycles. The van der Waals surface area contributed by atoms with Gasteiger partial charge in [0.1, 0.15) is 0 Å². The Morgan fingerprint density at radius 2 is 2.22 bits per heavy atom. The number of hydrogen-bond donors (Lipinski definition) is 2. The van der Waals surface area contributed by atoms with E-state index in [0.29, 0.717) is 31.4 Å². The molecule has 3 N–H and O–H groups in total. The van der Waals surface area contributed by atoms with E-state index < -0.39 is 5.97 Å². The fourth-order valence-corrected chi connectivity index (χ4v) is 1.45. The Morgan fingerprint density at radius 1 is 1.50 bits per heavy atom. The first-order chi connectivity index (χ1) is 8.56. The third-order valence-electron chi connectivity index (χ3n) is 2.52. The molecule has 0 atom stereocenters. The lowest BCUT2D eigenvalue weighted by Gasteiger charge is -2.07. The quantitative estimate of drug-likeness (QED) is 0.656. The summed E-state index contributed by atoms with van der Waals surface area (Å²) in [5, 5.41) is 16.2. The van der Waals surface area contributed by atoms with Crippen LogP contribution in [0.5, 0.6) is 0 Å². The van der Waals surface area contributed by atoms with Crippen molar-refractivity contribution in [2.24, 2.45) is 11.7 Å². The average molecular weight is 256 g/mol. The van der Waals surface area contributed by atoms with Crippen LogP contribution in [0.4, 0.5) is 0 Å². The second-order valence-corrected chi connectivity index (χ2v) is 4.41. The van der Waals surface area contributed by atoms with Gasteiger partial charge in [-0.3, -0.25) is 0 Å². The number of nitrogens with two attached hydrogens (primary N) is 1. The lowest BCUT2D eigenvalue weighted by molar-refractivity contribution is 0.0688. The highest BCUT2D eigenvalue weighted by Crippen LogP contribution is 2.05. The van der Waals surface area contributed by atoms with Gasteiger partial charge in [-0.25, -0.2) is 9.48 Å². The van der Waals surface area contributed by atoms with Crippen LogP contribution in [0.25, 0.3) is 0 Å². The van der Waals surface area contributed by atoms with Gasteiger partial charge in [-0.15, -0.1) is 5.10 Å². The van der Waals surface area contributed by atoms with Gasteiger partial charge >= 0.3 is 5.97 Å². The minimum Gasteiger partial charge on any atom is -0.476 e. The molecule has 0 radical (unpaired) electrons. The fourth-order valence-electron chi connectivity index (χ4n) is 1.45. The van der Waals surface area contributed by atoms with Crippen molar-refractivity contribution in [2.45, 2.75) is 33.4 Å². The van der Waals surface area contributed by atoms with E-state index in [1.807, 2.05) is 0 Å². The molecule has 102 valence electrons. The van der Waals surface area contributed by atoms with Gasteiger partial charge in [0.25, 0.3) is 0 Å². The Balaban J connectivity index is 2.45. The van der Waals surface area contributed by atoms with Crippen molar-refractivity contribution >= 4 is 5.97 Å². The molecule has 1 heterocycles. The highest BCUT2D eigenvalue weighted by atomic mass is 16.5. The number of aromatic carboxylic acids is 1. The maximum absolute atomic E-state index is 10.8. The van der Waals surface area contributed by atoms with Gasteiger partial charge in [-0.05, 0) is 12.3 Å². The molecule has 0 aliphatic heterocycles. The molecule has 0 saturated heterocycles. The van der Waals surface area contributed by atoms with Crippen LogP contribution in [-0.4, -0.2) is 39.3 Å². The van der Waals surface area contributed by atoms with Crippen LogP contribution in [0.3, 0.4) is 0 Å². The number of rotatable bonds is 8. The number of nitrogens with zero attached hydrogens (tertiary/aromatic N) is 3. The molecule has 7 heteroatoms. The minimum atomic E-state index is -1.11. The second-order valence-electron chi connectivity index (χ2n) is 4.41. The molecule has 1 rings (SSSR count). The standard InChI is InChI=1S/C11H20N4O3/c1-8(2)3-5-18-6-4-15-9(7-12)10(11(16)17)13-14-15/h8H,3-7,12H2,1-2H3,(H,16,17). The highest BCUT2D eigenvalue weighted by Gasteiger charge is 2.17. The summed E-state index contributed by atoms with van der Waals surface area (Å²) in [5.74, 6) is -0.503. The molecule has 0 bridgehead atoms. The summed E-state index contributed by atoms with van der Waals surface area (Å²) in [5.41, 5.74) is 5.84. The largest absolute Gasteiger partial charge is 0.476 e. The van der Waals surface area contributed by atoms with Crippen LogP contribution in [-0.2, 0) is 17.8 Å². The smallest absolute Gasteiger partial charge is 0.358 e. The van der Waals surface area contributed by atoms with Gasteiger partial charge in [0, 0.05) is 13.2 Å². The van der Waals surface area contributed by atoms with E-state index in [1.165, 1.54) is 4.68 Å². The monoisotopic (exact) mass is 256 g/mol. The maximum Gasteiger partial charge on any atom is 0.358 e. The lowest BCUT2D eigenvalue weighted by Crippen LogP contribution is -2.15. The molecule has 0 aliphatic rings. The summed E-state index contributed by atoms with van der Waals surface area (Å²) in [4.78, 5) is 10.8. The molecule has 0 saturated carbocycles. The van der Waals surface area contributed by atoms with Gasteiger partial charge in [-0.1, -0.05) is 19.1 Å². The van der Waals surface area contributed by atoms with Gasteiger partial charge in [-0.2, -0.15) is 0 Å². The zero-order valence-electron chi connectivity index (χ0n) is 10.8. The molecule has 7 nitrogen and oxygen atoms in total. The van der Waals surface area contributed by atoms with Crippen LogP contribution < -0.4 is 5.73 Å². The maximum atomic E-state index is 10.8. The van der Waals surface area contributed by atoms with E-state index in [2.05, 4.69) is 24.2 Å². The molecule has 0 spiro atoms. The van der Waals surface area contributed by atoms with Gasteiger partial charge in [0.2, 0.25) is 0 Å². The first-order valence-corrected chi connectivity index (χ1v) is 5.99. The van der Waals surface area contributed by atoms with Crippen molar-refractivity contribution in [3.05, 3.63) is 11.4 Å². The number of hydrogen-bond acceptors (Lipinski definition) is 5. The van der Waals surface area contributed by atoms with Crippen LogP contribution in [0.1, 0.15) is 36.5 Å². The Bertz CT molecular complexity index is 390. The number of carbonyl (C=O) groups is 1. The summed E-state index contributed by atoms with van der Waals surface area (Å²) in [6.07, 6.45) is 1.00. The van der Waals surface area contributed by atoms with E-state index in [4.69, 9.17) is 15.6 Å². The van der Waals surface area contributed by atoms with E-state index in [1.54, 1.807) is 0 Å². The molecule has 1 aromatic rings. The summed E-state index contributed by atoms with van der Waals surface area (Å²) in [7, 11) is 0. The predicted octanol–water partition coefficient (Wildman–Crippen LogP) is 0.498. The molecule has 0 unspecified atom stereocenters. The zero-order chi connectivity index (χ0) is 13.5. The SMILES string of the molecule is CC(C)CCOCCn1nnc(C(=O)O)c1CN. The lowest BCUT2D eigenvalue weighted by atomic mass is 10.1. The van der Waals surface area contributed by atoms with E-state index in [-0.39, 0.29) is 12.2 Å². The van der Waals surface area contributed by atoms with Gasteiger partial charge in [0.05, 0.1) is 18.8 Å². The third kappa shape index (κ3) is 4.08.